The first-order chi connectivity index (χ1) is 9.65. The van der Waals surface area contributed by atoms with E-state index in [1.165, 1.54) is 7.11 Å². The van der Waals surface area contributed by atoms with E-state index >= 15 is 0 Å². The summed E-state index contributed by atoms with van der Waals surface area (Å²) >= 11 is 6.25. The van der Waals surface area contributed by atoms with Gasteiger partial charge in [0.05, 0.1) is 25.8 Å². The topological polar surface area (TPSA) is 92.0 Å². The molecule has 0 unspecified atom stereocenters. The van der Waals surface area contributed by atoms with E-state index in [0.29, 0.717) is 35.4 Å². The highest BCUT2D eigenvalue weighted by molar-refractivity contribution is 6.33. The molecule has 3 N–H and O–H groups in total. The Kier molecular flexibility index (Phi) is 4.65. The van der Waals surface area contributed by atoms with Crippen LogP contribution in [0.25, 0.3) is 0 Å². The highest BCUT2D eigenvalue weighted by Crippen LogP contribution is 2.37. The monoisotopic (exact) mass is 298 g/mol. The summed E-state index contributed by atoms with van der Waals surface area (Å²) < 4.78 is 10.4. The number of aromatic amines is 2. The van der Waals surface area contributed by atoms with Gasteiger partial charge in [0.15, 0.2) is 11.5 Å². The number of aromatic nitrogens is 3. The van der Waals surface area contributed by atoms with Gasteiger partial charge in [-0.3, -0.25) is 4.98 Å². The van der Waals surface area contributed by atoms with Crippen LogP contribution in [0.2, 0.25) is 5.02 Å². The Morgan fingerprint density at radius 3 is 2.70 bits per heavy atom. The number of H-pyrrole nitrogens is 2. The number of halogens is 1. The number of hydrogen-bond acceptors (Lipinski definition) is 5. The summed E-state index contributed by atoms with van der Waals surface area (Å²) in [6.45, 7) is 0.928. The fraction of sp³-hybridized carbons (Fsp3) is 0.333. The highest BCUT2D eigenvalue weighted by Gasteiger charge is 2.12. The van der Waals surface area contributed by atoms with Crippen LogP contribution in [0.1, 0.15) is 11.4 Å². The Hall–Kier alpha value is -1.99. The number of benzene rings is 1. The van der Waals surface area contributed by atoms with E-state index in [4.69, 9.17) is 21.1 Å². The van der Waals surface area contributed by atoms with Gasteiger partial charge in [0.2, 0.25) is 0 Å². The molecule has 2 rings (SSSR count). The van der Waals surface area contributed by atoms with Gasteiger partial charge >= 0.3 is 5.69 Å². The van der Waals surface area contributed by atoms with Gasteiger partial charge in [-0.15, -0.1) is 0 Å². The van der Waals surface area contributed by atoms with Crippen molar-refractivity contribution < 1.29 is 9.47 Å². The van der Waals surface area contributed by atoms with Crippen LogP contribution in [-0.4, -0.2) is 29.4 Å². The van der Waals surface area contributed by atoms with Gasteiger partial charge in [-0.25, -0.2) is 9.89 Å². The van der Waals surface area contributed by atoms with Crippen LogP contribution in [0.3, 0.4) is 0 Å². The first kappa shape index (κ1) is 14.4. The molecule has 20 heavy (non-hydrogen) atoms. The van der Waals surface area contributed by atoms with Crippen molar-refractivity contribution >= 4 is 11.6 Å². The molecule has 0 aliphatic rings. The van der Waals surface area contributed by atoms with Crippen LogP contribution in [0, 0.1) is 0 Å². The molecule has 0 bridgehead atoms. The second kappa shape index (κ2) is 6.44. The number of rotatable bonds is 6. The number of nitrogens with zero attached hydrogens (tertiary/aromatic N) is 1. The molecule has 8 heteroatoms. The van der Waals surface area contributed by atoms with Crippen molar-refractivity contribution in [1.29, 1.82) is 0 Å². The molecule has 0 atom stereocenters. The van der Waals surface area contributed by atoms with Gasteiger partial charge in [-0.2, -0.15) is 5.10 Å². The number of ether oxygens (including phenoxy) is 2. The Labute approximate surface area is 120 Å². The lowest BCUT2D eigenvalue weighted by molar-refractivity contribution is 0.354. The van der Waals surface area contributed by atoms with Gasteiger partial charge in [-0.05, 0) is 11.6 Å². The summed E-state index contributed by atoms with van der Waals surface area (Å²) in [5.41, 5.74) is 0.535. The maximum Gasteiger partial charge on any atom is 0.340 e. The second-order valence-corrected chi connectivity index (χ2v) is 4.38. The summed E-state index contributed by atoms with van der Waals surface area (Å²) in [4.78, 5) is 13.4. The SMILES string of the molecule is COc1ccc(CNCc2n[nH]c(=O)[nH]2)c(Cl)c1OC. The second-order valence-electron chi connectivity index (χ2n) is 4.00. The minimum absolute atomic E-state index is 0.328. The van der Waals surface area contributed by atoms with Crippen molar-refractivity contribution in [2.45, 2.75) is 13.1 Å². The Morgan fingerprint density at radius 1 is 1.30 bits per heavy atom. The molecule has 0 aliphatic heterocycles. The third-order valence-electron chi connectivity index (χ3n) is 2.72. The largest absolute Gasteiger partial charge is 0.493 e. The predicted octanol–water partition coefficient (Wildman–Crippen LogP) is 1.06. The van der Waals surface area contributed by atoms with Gasteiger partial charge in [0, 0.05) is 6.54 Å². The van der Waals surface area contributed by atoms with Gasteiger partial charge in [0.1, 0.15) is 5.82 Å². The summed E-state index contributed by atoms with van der Waals surface area (Å²) in [6.07, 6.45) is 0. The molecule has 1 aromatic carbocycles. The molecule has 0 fully saturated rings. The molecule has 0 aliphatic carbocycles. The lowest BCUT2D eigenvalue weighted by atomic mass is 10.2. The zero-order chi connectivity index (χ0) is 14.5. The zero-order valence-corrected chi connectivity index (χ0v) is 11.9. The van der Waals surface area contributed by atoms with Gasteiger partial charge in [-0.1, -0.05) is 17.7 Å². The van der Waals surface area contributed by atoms with Crippen LogP contribution in [-0.2, 0) is 13.1 Å². The minimum Gasteiger partial charge on any atom is -0.493 e. The van der Waals surface area contributed by atoms with E-state index < -0.39 is 0 Å². The van der Waals surface area contributed by atoms with E-state index in [1.54, 1.807) is 13.2 Å². The minimum atomic E-state index is -0.328. The molecule has 0 spiro atoms. The Balaban J connectivity index is 2.04. The van der Waals surface area contributed by atoms with E-state index in [2.05, 4.69) is 20.5 Å². The number of hydrogen-bond donors (Lipinski definition) is 3. The first-order valence-electron chi connectivity index (χ1n) is 5.89. The van der Waals surface area contributed by atoms with Crippen molar-refractivity contribution in [3.63, 3.8) is 0 Å². The van der Waals surface area contributed by atoms with Crippen molar-refractivity contribution in [3.8, 4) is 11.5 Å². The average Bonchev–Trinajstić information content (AvgIpc) is 2.86. The molecular formula is C12H15ClN4O3. The zero-order valence-electron chi connectivity index (χ0n) is 11.1. The molecule has 0 saturated carbocycles. The van der Waals surface area contributed by atoms with Crippen molar-refractivity contribution in [1.82, 2.24) is 20.5 Å². The smallest absolute Gasteiger partial charge is 0.340 e. The van der Waals surface area contributed by atoms with Crippen LogP contribution in [0.4, 0.5) is 0 Å². The summed E-state index contributed by atoms with van der Waals surface area (Å²) in [6, 6.07) is 3.64. The maximum atomic E-state index is 10.9. The van der Waals surface area contributed by atoms with E-state index in [9.17, 15) is 4.79 Å². The molecule has 2 aromatic rings. The third kappa shape index (κ3) is 3.12. The van der Waals surface area contributed by atoms with E-state index in [-0.39, 0.29) is 5.69 Å². The molecule has 0 saturated heterocycles. The summed E-state index contributed by atoms with van der Waals surface area (Å²) in [5.74, 6) is 1.62. The average molecular weight is 299 g/mol. The summed E-state index contributed by atoms with van der Waals surface area (Å²) in [5, 5.41) is 9.72. The number of methoxy groups -OCH3 is 2. The van der Waals surface area contributed by atoms with Gasteiger partial charge in [0.25, 0.3) is 0 Å². The molecular weight excluding hydrogens is 284 g/mol. The van der Waals surface area contributed by atoms with Crippen LogP contribution >= 0.6 is 11.6 Å². The molecule has 1 aromatic heterocycles. The molecule has 0 amide bonds. The lowest BCUT2D eigenvalue weighted by Crippen LogP contribution is -2.15. The van der Waals surface area contributed by atoms with Crippen molar-refractivity contribution in [3.05, 3.63) is 39.0 Å². The Morgan fingerprint density at radius 2 is 2.10 bits per heavy atom. The fourth-order valence-corrected chi connectivity index (χ4v) is 2.07. The van der Waals surface area contributed by atoms with Crippen molar-refractivity contribution in [2.75, 3.05) is 14.2 Å². The highest BCUT2D eigenvalue weighted by atomic mass is 35.5. The number of nitrogens with one attached hydrogen (secondary N) is 3. The summed E-state index contributed by atoms with van der Waals surface area (Å²) in [7, 11) is 3.09. The molecule has 108 valence electrons. The maximum absolute atomic E-state index is 10.9. The Bertz CT molecular complexity index is 638. The van der Waals surface area contributed by atoms with E-state index in [1.807, 2.05) is 6.07 Å². The molecule has 0 radical (unpaired) electrons. The quantitative estimate of drug-likeness (QED) is 0.741. The van der Waals surface area contributed by atoms with Crippen molar-refractivity contribution in [2.24, 2.45) is 0 Å². The van der Waals surface area contributed by atoms with Crippen LogP contribution in [0.5, 0.6) is 11.5 Å². The third-order valence-corrected chi connectivity index (χ3v) is 3.14. The molecule has 1 heterocycles. The van der Waals surface area contributed by atoms with E-state index in [0.717, 1.165) is 5.56 Å². The normalized spacial score (nSPS) is 10.6. The lowest BCUT2D eigenvalue weighted by Gasteiger charge is -2.13. The predicted molar refractivity (Wildman–Crippen MR) is 74.3 cm³/mol. The van der Waals surface area contributed by atoms with Crippen LogP contribution in [0.15, 0.2) is 16.9 Å². The molecule has 7 nitrogen and oxygen atoms in total. The van der Waals surface area contributed by atoms with Gasteiger partial charge < -0.3 is 14.8 Å². The standard InChI is InChI=1S/C12H15ClN4O3/c1-19-8-4-3-7(10(13)11(8)20-2)5-14-6-9-15-12(18)17-16-9/h3-4,14H,5-6H2,1-2H3,(H2,15,16,17,18). The fourth-order valence-electron chi connectivity index (χ4n) is 1.77. The first-order valence-corrected chi connectivity index (χ1v) is 6.27. The van der Waals surface area contributed by atoms with Crippen LogP contribution < -0.4 is 20.5 Å².